The highest BCUT2D eigenvalue weighted by Crippen LogP contribution is 2.62. The number of rotatable bonds is 6. The third kappa shape index (κ3) is 4.02. The van der Waals surface area contributed by atoms with Gasteiger partial charge in [0.25, 0.3) is 0 Å². The molecule has 0 amide bonds. The quantitative estimate of drug-likeness (QED) is 0.240. The molecule has 0 aliphatic carbocycles. The maximum absolute atomic E-state index is 13.2. The molecule has 0 heterocycles. The van der Waals surface area contributed by atoms with Crippen molar-refractivity contribution < 1.29 is 75.4 Å². The molecule has 0 spiro atoms. The van der Waals surface area contributed by atoms with E-state index in [4.69, 9.17) is 0 Å². The number of halogens is 15. The molecular formula is C12H5F15O2. The Labute approximate surface area is 150 Å². The number of hydrogen-bond donors (Lipinski definition) is 0. The van der Waals surface area contributed by atoms with Crippen LogP contribution in [0.4, 0.5) is 65.9 Å². The van der Waals surface area contributed by atoms with Gasteiger partial charge in [0, 0.05) is 5.92 Å². The molecule has 0 aliphatic rings. The van der Waals surface area contributed by atoms with E-state index >= 15 is 0 Å². The fourth-order valence-electron chi connectivity index (χ4n) is 1.34. The predicted molar refractivity (Wildman–Crippen MR) is 60.1 cm³/mol. The van der Waals surface area contributed by atoms with E-state index in [9.17, 15) is 70.7 Å². The van der Waals surface area contributed by atoms with E-state index in [1.165, 1.54) is 0 Å². The third-order valence-corrected chi connectivity index (χ3v) is 2.92. The summed E-state index contributed by atoms with van der Waals surface area (Å²) in [6.45, 7) is 0.367. The summed E-state index contributed by atoms with van der Waals surface area (Å²) in [6.07, 6.45) is -7.67. The monoisotopic (exact) mass is 466 g/mol. The summed E-state index contributed by atoms with van der Waals surface area (Å²) in [5.74, 6) is -49.5. The first-order chi connectivity index (χ1) is 12.5. The zero-order valence-electron chi connectivity index (χ0n) is 13.2. The van der Waals surface area contributed by atoms with Crippen LogP contribution in [-0.4, -0.2) is 54.3 Å². The maximum Gasteiger partial charge on any atom is 0.460 e. The van der Waals surface area contributed by atoms with Crippen molar-refractivity contribution in [3.05, 3.63) is 0 Å². The lowest BCUT2D eigenvalue weighted by Gasteiger charge is -2.40. The van der Waals surface area contributed by atoms with Crippen LogP contribution in [0, 0.1) is 11.8 Å². The normalized spacial score (nSPS) is 14.9. The lowest BCUT2D eigenvalue weighted by molar-refractivity contribution is -0.449. The summed E-state index contributed by atoms with van der Waals surface area (Å²) in [7, 11) is 0. The van der Waals surface area contributed by atoms with Gasteiger partial charge in [-0.25, -0.2) is 4.79 Å². The topological polar surface area (TPSA) is 26.3 Å². The Morgan fingerprint density at radius 1 is 0.655 bits per heavy atom. The molecule has 0 fully saturated rings. The fraction of sp³-hybridized carbons (Fsp3) is 0.750. The number of alkyl halides is 15. The summed E-state index contributed by atoms with van der Waals surface area (Å²) in [5, 5.41) is 0. The van der Waals surface area contributed by atoms with Crippen LogP contribution in [0.2, 0.25) is 0 Å². The van der Waals surface area contributed by atoms with Crippen molar-refractivity contribution in [2.45, 2.75) is 48.6 Å². The Bertz CT molecular complexity index is 680. The highest BCUT2D eigenvalue weighted by molar-refractivity contribution is 5.88. The molecule has 0 rings (SSSR count). The van der Waals surface area contributed by atoms with Crippen LogP contribution in [0.15, 0.2) is 0 Å². The molecule has 0 saturated heterocycles. The molecule has 0 aromatic rings. The number of carbonyl (C=O) groups excluding carboxylic acids is 1. The standard InChI is InChI=1S/C12H5F15O2/c1-2-29-5(28)3-4-6(13,14)7(15,16)8(17,18)9(19,20)10(21,22)11(23,24)12(25,26)27/h2H2,1H3. The van der Waals surface area contributed by atoms with Gasteiger partial charge < -0.3 is 4.74 Å². The van der Waals surface area contributed by atoms with Crippen molar-refractivity contribution in [2.24, 2.45) is 0 Å². The molecule has 29 heavy (non-hydrogen) atoms. The summed E-state index contributed by atoms with van der Waals surface area (Å²) in [4.78, 5) is 10.6. The van der Waals surface area contributed by atoms with Crippen molar-refractivity contribution in [1.82, 2.24) is 0 Å². The lowest BCUT2D eigenvalue weighted by atomic mass is 9.91. The number of ether oxygens (including phenoxy) is 1. The van der Waals surface area contributed by atoms with Gasteiger partial charge in [-0.1, -0.05) is 0 Å². The third-order valence-electron chi connectivity index (χ3n) is 2.92. The Balaban J connectivity index is 6.46. The Hall–Kier alpha value is -2.02. The molecule has 0 saturated carbocycles. The summed E-state index contributed by atoms with van der Waals surface area (Å²) in [6, 6.07) is 0. The summed E-state index contributed by atoms with van der Waals surface area (Å²) >= 11 is 0. The van der Waals surface area contributed by atoms with Gasteiger partial charge in [0.05, 0.1) is 6.61 Å². The summed E-state index contributed by atoms with van der Waals surface area (Å²) < 4.78 is 196. The Morgan fingerprint density at radius 3 is 1.34 bits per heavy atom. The molecule has 17 heteroatoms. The minimum absolute atomic E-state index is 0.293. The SMILES string of the molecule is CCOC(=O)C#CC(F)(F)C(F)(F)C(F)(F)C(F)(F)C(F)(F)C(F)(F)C(F)(F)F. The molecule has 0 aromatic heterocycles. The van der Waals surface area contributed by atoms with Gasteiger partial charge in [0.1, 0.15) is 0 Å². The Morgan fingerprint density at radius 2 is 1.00 bits per heavy atom. The van der Waals surface area contributed by atoms with Crippen LogP contribution in [0.5, 0.6) is 0 Å². The Kier molecular flexibility index (Phi) is 6.83. The molecule has 0 aromatic carbocycles. The molecule has 0 atom stereocenters. The van der Waals surface area contributed by atoms with E-state index < -0.39 is 54.3 Å². The van der Waals surface area contributed by atoms with Crippen LogP contribution in [-0.2, 0) is 9.53 Å². The first-order valence-corrected chi connectivity index (χ1v) is 6.49. The molecule has 0 unspecified atom stereocenters. The first kappa shape index (κ1) is 27.0. The van der Waals surface area contributed by atoms with Gasteiger partial charge in [0.15, 0.2) is 0 Å². The second-order valence-electron chi connectivity index (χ2n) is 4.91. The van der Waals surface area contributed by atoms with Crippen LogP contribution in [0.25, 0.3) is 0 Å². The largest absolute Gasteiger partial charge is 0.460 e. The number of esters is 1. The molecule has 0 radical (unpaired) electrons. The highest BCUT2D eigenvalue weighted by atomic mass is 19.4. The van der Waals surface area contributed by atoms with Crippen molar-refractivity contribution in [1.29, 1.82) is 0 Å². The molecule has 170 valence electrons. The van der Waals surface area contributed by atoms with Crippen LogP contribution < -0.4 is 0 Å². The van der Waals surface area contributed by atoms with Crippen molar-refractivity contribution in [3.8, 4) is 11.8 Å². The molecule has 0 N–H and O–H groups in total. The van der Waals surface area contributed by atoms with E-state index in [2.05, 4.69) is 4.74 Å². The number of hydrogen-bond acceptors (Lipinski definition) is 2. The van der Waals surface area contributed by atoms with Crippen molar-refractivity contribution >= 4 is 5.97 Å². The predicted octanol–water partition coefficient (Wildman–Crippen LogP) is 4.93. The minimum Gasteiger partial charge on any atom is -0.456 e. The van der Waals surface area contributed by atoms with E-state index in [0.717, 1.165) is 6.92 Å². The van der Waals surface area contributed by atoms with Crippen LogP contribution in [0.3, 0.4) is 0 Å². The van der Waals surface area contributed by atoms with Gasteiger partial charge in [-0.3, -0.25) is 0 Å². The van der Waals surface area contributed by atoms with Gasteiger partial charge in [-0.15, -0.1) is 0 Å². The second kappa shape index (κ2) is 7.35. The van der Waals surface area contributed by atoms with Crippen molar-refractivity contribution in [3.63, 3.8) is 0 Å². The lowest BCUT2D eigenvalue weighted by Crippen LogP contribution is -2.72. The zero-order chi connectivity index (χ0) is 23.9. The first-order valence-electron chi connectivity index (χ1n) is 6.49. The minimum atomic E-state index is -8.39. The van der Waals surface area contributed by atoms with Gasteiger partial charge >= 0.3 is 47.7 Å². The van der Waals surface area contributed by atoms with E-state index in [0.29, 0.717) is 5.92 Å². The molecular weight excluding hydrogens is 461 g/mol. The van der Waals surface area contributed by atoms with Crippen LogP contribution in [0.1, 0.15) is 6.92 Å². The molecule has 0 bridgehead atoms. The summed E-state index contributed by atoms with van der Waals surface area (Å²) in [5.41, 5.74) is 0. The smallest absolute Gasteiger partial charge is 0.456 e. The maximum atomic E-state index is 13.2. The van der Waals surface area contributed by atoms with E-state index in [1.54, 1.807) is 0 Å². The van der Waals surface area contributed by atoms with Gasteiger partial charge in [-0.05, 0) is 12.8 Å². The van der Waals surface area contributed by atoms with E-state index in [-0.39, 0.29) is 5.92 Å². The average molecular weight is 466 g/mol. The second-order valence-corrected chi connectivity index (χ2v) is 4.91. The zero-order valence-corrected chi connectivity index (χ0v) is 13.2. The van der Waals surface area contributed by atoms with E-state index in [1.807, 2.05) is 0 Å². The van der Waals surface area contributed by atoms with Crippen molar-refractivity contribution in [2.75, 3.05) is 6.61 Å². The van der Waals surface area contributed by atoms with Gasteiger partial charge in [0.2, 0.25) is 0 Å². The fourth-order valence-corrected chi connectivity index (χ4v) is 1.34. The molecule has 0 aliphatic heterocycles. The number of carbonyl (C=O) groups is 1. The average Bonchev–Trinajstić information content (AvgIpc) is 2.51. The van der Waals surface area contributed by atoms with Crippen LogP contribution >= 0.6 is 0 Å². The van der Waals surface area contributed by atoms with Gasteiger partial charge in [-0.2, -0.15) is 65.9 Å². The highest BCUT2D eigenvalue weighted by Gasteiger charge is 2.93. The molecule has 2 nitrogen and oxygen atoms in total.